The number of para-hydroxylation sites is 1. The van der Waals surface area contributed by atoms with Gasteiger partial charge in [0.2, 0.25) is 11.8 Å². The first-order valence-electron chi connectivity index (χ1n) is 11.2. The van der Waals surface area contributed by atoms with E-state index in [4.69, 9.17) is 4.74 Å². The number of aryl methyl sites for hydroxylation is 1. The highest BCUT2D eigenvalue weighted by Crippen LogP contribution is 2.32. The highest BCUT2D eigenvalue weighted by molar-refractivity contribution is 5.92. The lowest BCUT2D eigenvalue weighted by Crippen LogP contribution is -2.52. The Kier molecular flexibility index (Phi) is 10.0. The average molecular weight is 450 g/mol. The first kappa shape index (κ1) is 27.3. The third-order valence-corrected chi connectivity index (χ3v) is 4.69. The molecule has 1 rings (SSSR count). The van der Waals surface area contributed by atoms with Gasteiger partial charge >= 0.3 is 6.09 Å². The maximum absolute atomic E-state index is 13.4. The smallest absolute Gasteiger partial charge is 0.408 e. The molecule has 1 aromatic rings. The van der Waals surface area contributed by atoms with Crippen LogP contribution in [0, 0.1) is 6.92 Å². The Labute approximate surface area is 191 Å². The number of unbranched alkanes of at least 4 members (excludes halogenated alkanes) is 1. The van der Waals surface area contributed by atoms with E-state index in [0.29, 0.717) is 24.1 Å². The molecule has 1 aromatic carbocycles. The van der Waals surface area contributed by atoms with Crippen LogP contribution in [0.4, 0.5) is 4.79 Å². The maximum atomic E-state index is 13.4. The molecule has 8 heteroatoms. The lowest BCUT2D eigenvalue weighted by Gasteiger charge is -2.34. The van der Waals surface area contributed by atoms with Gasteiger partial charge in [0.15, 0.2) is 0 Å². The third-order valence-electron chi connectivity index (χ3n) is 4.69. The molecular formula is C24H39N3O5. The van der Waals surface area contributed by atoms with Crippen molar-refractivity contribution >= 4 is 17.9 Å². The van der Waals surface area contributed by atoms with Crippen molar-refractivity contribution in [2.24, 2.45) is 0 Å². The van der Waals surface area contributed by atoms with Gasteiger partial charge in [-0.05, 0) is 60.5 Å². The van der Waals surface area contributed by atoms with E-state index in [1.807, 2.05) is 20.8 Å². The number of phenolic OH excluding ortho intramolecular Hbond substituents is 1. The number of amides is 3. The van der Waals surface area contributed by atoms with E-state index in [1.54, 1.807) is 52.8 Å². The maximum Gasteiger partial charge on any atom is 0.408 e. The highest BCUT2D eigenvalue weighted by atomic mass is 16.6. The lowest BCUT2D eigenvalue weighted by atomic mass is 9.99. The second-order valence-electron chi connectivity index (χ2n) is 9.33. The molecule has 0 saturated heterocycles. The van der Waals surface area contributed by atoms with Crippen molar-refractivity contribution in [2.75, 3.05) is 6.54 Å². The molecule has 0 aliphatic rings. The van der Waals surface area contributed by atoms with Crippen molar-refractivity contribution in [1.82, 2.24) is 15.5 Å². The summed E-state index contributed by atoms with van der Waals surface area (Å²) in [6, 6.07) is 3.00. The molecule has 3 amide bonds. The fourth-order valence-electron chi connectivity index (χ4n) is 3.21. The van der Waals surface area contributed by atoms with Crippen molar-refractivity contribution in [3.05, 3.63) is 29.3 Å². The van der Waals surface area contributed by atoms with Gasteiger partial charge in [-0.15, -0.1) is 0 Å². The summed E-state index contributed by atoms with van der Waals surface area (Å²) in [6.45, 7) is 14.4. The number of nitrogens with one attached hydrogen (secondary N) is 2. The largest absolute Gasteiger partial charge is 0.507 e. The van der Waals surface area contributed by atoms with E-state index in [-0.39, 0.29) is 11.8 Å². The van der Waals surface area contributed by atoms with E-state index >= 15 is 0 Å². The summed E-state index contributed by atoms with van der Waals surface area (Å²) in [7, 11) is 0. The topological polar surface area (TPSA) is 108 Å². The second kappa shape index (κ2) is 11.7. The zero-order valence-corrected chi connectivity index (χ0v) is 20.6. The van der Waals surface area contributed by atoms with E-state index in [0.717, 1.165) is 6.42 Å². The van der Waals surface area contributed by atoms with Crippen LogP contribution in [-0.4, -0.2) is 52.1 Å². The Hall–Kier alpha value is -2.77. The quantitative estimate of drug-likeness (QED) is 0.531. The van der Waals surface area contributed by atoms with Gasteiger partial charge in [0.1, 0.15) is 23.4 Å². The van der Waals surface area contributed by atoms with Gasteiger partial charge < -0.3 is 25.4 Å². The highest BCUT2D eigenvalue weighted by Gasteiger charge is 2.36. The van der Waals surface area contributed by atoms with Crippen LogP contribution in [0.25, 0.3) is 0 Å². The summed E-state index contributed by atoms with van der Waals surface area (Å²) < 4.78 is 5.26. The van der Waals surface area contributed by atoms with E-state index in [1.165, 1.54) is 4.90 Å². The van der Waals surface area contributed by atoms with Crippen LogP contribution in [0.2, 0.25) is 0 Å². The Morgan fingerprint density at radius 2 is 1.75 bits per heavy atom. The Morgan fingerprint density at radius 1 is 1.12 bits per heavy atom. The predicted molar refractivity (Wildman–Crippen MR) is 124 cm³/mol. The number of carbonyl (C=O) groups excluding carboxylic acids is 3. The fraction of sp³-hybridized carbons (Fsp3) is 0.625. The Morgan fingerprint density at radius 3 is 2.28 bits per heavy atom. The van der Waals surface area contributed by atoms with E-state index < -0.39 is 35.6 Å². The summed E-state index contributed by atoms with van der Waals surface area (Å²) in [5.74, 6) is -0.859. The van der Waals surface area contributed by atoms with Crippen LogP contribution in [0.3, 0.4) is 0 Å². The molecule has 0 aliphatic carbocycles. The normalized spacial score (nSPS) is 13.3. The van der Waals surface area contributed by atoms with Crippen molar-refractivity contribution in [3.63, 3.8) is 0 Å². The molecule has 0 spiro atoms. The summed E-state index contributed by atoms with van der Waals surface area (Å²) in [6.07, 6.45) is 0.745. The zero-order chi connectivity index (χ0) is 24.6. The molecule has 0 fully saturated rings. The second-order valence-corrected chi connectivity index (χ2v) is 9.33. The van der Waals surface area contributed by atoms with Crippen LogP contribution in [0.15, 0.2) is 18.2 Å². The van der Waals surface area contributed by atoms with Gasteiger partial charge in [0.05, 0.1) is 0 Å². The van der Waals surface area contributed by atoms with Gasteiger partial charge in [0, 0.05) is 18.2 Å². The number of benzene rings is 1. The first-order chi connectivity index (χ1) is 14.8. The number of nitrogens with zero attached hydrogens (tertiary/aromatic N) is 1. The zero-order valence-electron chi connectivity index (χ0n) is 20.6. The number of aromatic hydroxyl groups is 1. The molecule has 0 aliphatic heterocycles. The van der Waals surface area contributed by atoms with Gasteiger partial charge in [-0.1, -0.05) is 31.5 Å². The Bertz CT molecular complexity index is 801. The van der Waals surface area contributed by atoms with Crippen molar-refractivity contribution in [2.45, 2.75) is 92.0 Å². The SMILES string of the molecule is CCCCN(C(=O)C(C)NC(=O)OC(C)(C)C)C(C(=O)NC(C)C)c1cccc(C)c1O. The van der Waals surface area contributed by atoms with Gasteiger partial charge in [-0.3, -0.25) is 9.59 Å². The molecule has 0 radical (unpaired) electrons. The number of hydrogen-bond acceptors (Lipinski definition) is 5. The van der Waals surface area contributed by atoms with Crippen LogP contribution in [-0.2, 0) is 14.3 Å². The monoisotopic (exact) mass is 449 g/mol. The molecule has 3 N–H and O–H groups in total. The van der Waals surface area contributed by atoms with Crippen LogP contribution in [0.5, 0.6) is 5.75 Å². The molecule has 2 atom stereocenters. The van der Waals surface area contributed by atoms with Crippen molar-refractivity contribution in [1.29, 1.82) is 0 Å². The third kappa shape index (κ3) is 8.05. The number of alkyl carbamates (subject to hydrolysis) is 1. The summed E-state index contributed by atoms with van der Waals surface area (Å²) >= 11 is 0. The molecule has 0 heterocycles. The summed E-state index contributed by atoms with van der Waals surface area (Å²) in [4.78, 5) is 40.3. The lowest BCUT2D eigenvalue weighted by molar-refractivity contribution is -0.142. The molecule has 0 aromatic heterocycles. The summed E-state index contributed by atoms with van der Waals surface area (Å²) in [5, 5.41) is 16.1. The van der Waals surface area contributed by atoms with Gasteiger partial charge in [0.25, 0.3) is 0 Å². The van der Waals surface area contributed by atoms with Crippen LogP contribution < -0.4 is 10.6 Å². The van der Waals surface area contributed by atoms with E-state index in [2.05, 4.69) is 10.6 Å². The molecule has 8 nitrogen and oxygen atoms in total. The van der Waals surface area contributed by atoms with E-state index in [9.17, 15) is 19.5 Å². The molecule has 32 heavy (non-hydrogen) atoms. The standard InChI is InChI=1S/C24H39N3O5/c1-9-10-14-27(22(30)17(5)26-23(31)32-24(6,7)8)19(21(29)25-15(2)3)18-13-11-12-16(4)20(18)28/h11-13,15,17,19,28H,9-10,14H2,1-8H3,(H,25,29)(H,26,31). The fourth-order valence-corrected chi connectivity index (χ4v) is 3.21. The van der Waals surface area contributed by atoms with Crippen molar-refractivity contribution < 1.29 is 24.2 Å². The number of phenols is 1. The minimum Gasteiger partial charge on any atom is -0.507 e. The number of rotatable bonds is 9. The number of ether oxygens (including phenoxy) is 1. The first-order valence-corrected chi connectivity index (χ1v) is 11.2. The number of carbonyl (C=O) groups is 3. The Balaban J connectivity index is 3.36. The molecule has 180 valence electrons. The van der Waals surface area contributed by atoms with Crippen molar-refractivity contribution in [3.8, 4) is 5.75 Å². The molecule has 0 saturated carbocycles. The molecule has 2 unspecified atom stereocenters. The predicted octanol–water partition coefficient (Wildman–Crippen LogP) is 3.81. The average Bonchev–Trinajstić information content (AvgIpc) is 2.65. The summed E-state index contributed by atoms with van der Waals surface area (Å²) in [5.41, 5.74) is 0.242. The van der Waals surface area contributed by atoms with Gasteiger partial charge in [-0.2, -0.15) is 0 Å². The van der Waals surface area contributed by atoms with Crippen LogP contribution in [0.1, 0.15) is 78.5 Å². The van der Waals surface area contributed by atoms with Crippen LogP contribution >= 0.6 is 0 Å². The minimum absolute atomic E-state index is 0.0292. The minimum atomic E-state index is -1.04. The van der Waals surface area contributed by atoms with Gasteiger partial charge in [-0.25, -0.2) is 4.79 Å². The molecule has 0 bridgehead atoms. The number of hydrogen-bond donors (Lipinski definition) is 3. The molecular weight excluding hydrogens is 410 g/mol.